The molecule has 10 nitrogen and oxygen atoms in total. The van der Waals surface area contributed by atoms with Crippen molar-refractivity contribution in [2.75, 3.05) is 0 Å². The van der Waals surface area contributed by atoms with Gasteiger partial charge in [-0.1, -0.05) is 11.6 Å². The summed E-state index contributed by atoms with van der Waals surface area (Å²) in [6, 6.07) is 7.42. The van der Waals surface area contributed by atoms with Crippen molar-refractivity contribution < 1.29 is 19.2 Å². The zero-order valence-electron chi connectivity index (χ0n) is 13.8. The highest BCUT2D eigenvalue weighted by Gasteiger charge is 2.19. The predicted octanol–water partition coefficient (Wildman–Crippen LogP) is 2.75. The van der Waals surface area contributed by atoms with Crippen LogP contribution in [-0.2, 0) is 0 Å². The number of carboxylic acids is 1. The molecule has 2 heterocycles. The van der Waals surface area contributed by atoms with Crippen LogP contribution < -0.4 is 11.2 Å². The average Bonchev–Trinajstić information content (AvgIpc) is 3.08. The monoisotopic (exact) mass is 403 g/mol. The van der Waals surface area contributed by atoms with E-state index in [-0.39, 0.29) is 22.0 Å². The summed E-state index contributed by atoms with van der Waals surface area (Å²) in [5.41, 5.74) is -2.77. The van der Waals surface area contributed by atoms with Crippen molar-refractivity contribution in [3.05, 3.63) is 83.3 Å². The Kier molecular flexibility index (Phi) is 4.96. The van der Waals surface area contributed by atoms with E-state index in [4.69, 9.17) is 21.1 Å². The average molecular weight is 404 g/mol. The molecule has 0 saturated carbocycles. The van der Waals surface area contributed by atoms with E-state index in [0.29, 0.717) is 11.3 Å². The highest BCUT2D eigenvalue weighted by molar-refractivity contribution is 6.33. The van der Waals surface area contributed by atoms with Crippen LogP contribution in [0.3, 0.4) is 0 Å². The number of halogens is 1. The molecular weight excluding hydrogens is 394 g/mol. The standard InChI is InChI=1S/C17H10ClN3O7/c18-11-4-1-8(7-10(11)16(23)24)13-6-3-9(28-13)2-5-12-14(21(26)27)15(22)20-17(25)19-12/h1-7H,(H,23,24)(H2,19,20,22,25)/b5-2-. The van der Waals surface area contributed by atoms with Gasteiger partial charge in [0.2, 0.25) is 0 Å². The second kappa shape index (κ2) is 7.37. The van der Waals surface area contributed by atoms with Crippen LogP contribution in [0.1, 0.15) is 21.8 Å². The number of nitrogens with zero attached hydrogens (tertiary/aromatic N) is 1. The molecule has 2 aromatic heterocycles. The molecular formula is C17H10ClN3O7. The summed E-state index contributed by atoms with van der Waals surface area (Å²) >= 11 is 5.83. The van der Waals surface area contributed by atoms with Crippen molar-refractivity contribution in [3.8, 4) is 11.3 Å². The Morgan fingerprint density at radius 3 is 2.61 bits per heavy atom. The van der Waals surface area contributed by atoms with Crippen molar-refractivity contribution in [3.63, 3.8) is 0 Å². The zero-order valence-corrected chi connectivity index (χ0v) is 14.5. The highest BCUT2D eigenvalue weighted by atomic mass is 35.5. The van der Waals surface area contributed by atoms with Gasteiger partial charge < -0.3 is 14.5 Å². The van der Waals surface area contributed by atoms with Gasteiger partial charge in [-0.25, -0.2) is 9.59 Å². The molecule has 11 heteroatoms. The number of aromatic amines is 2. The molecule has 1 aromatic carbocycles. The van der Waals surface area contributed by atoms with Crippen LogP contribution in [0, 0.1) is 10.1 Å². The number of hydrogen-bond acceptors (Lipinski definition) is 6. The van der Waals surface area contributed by atoms with Crippen LogP contribution in [0.4, 0.5) is 5.69 Å². The largest absolute Gasteiger partial charge is 0.478 e. The number of H-pyrrole nitrogens is 2. The molecule has 0 aliphatic rings. The van der Waals surface area contributed by atoms with E-state index in [1.807, 2.05) is 0 Å². The van der Waals surface area contributed by atoms with E-state index in [1.54, 1.807) is 17.1 Å². The summed E-state index contributed by atoms with van der Waals surface area (Å²) in [6.45, 7) is 0. The molecule has 3 aromatic rings. The maximum absolute atomic E-state index is 11.6. The summed E-state index contributed by atoms with van der Waals surface area (Å²) < 4.78 is 5.56. The molecule has 0 fully saturated rings. The van der Waals surface area contributed by atoms with Crippen LogP contribution in [0.2, 0.25) is 5.02 Å². The number of benzene rings is 1. The fraction of sp³-hybridized carbons (Fsp3) is 0. The Labute approximate surface area is 159 Å². The number of nitrogens with one attached hydrogen (secondary N) is 2. The lowest BCUT2D eigenvalue weighted by atomic mass is 10.1. The minimum Gasteiger partial charge on any atom is -0.478 e. The molecule has 28 heavy (non-hydrogen) atoms. The number of carbonyl (C=O) groups is 1. The number of hydrogen-bond donors (Lipinski definition) is 3. The molecule has 0 saturated heterocycles. The van der Waals surface area contributed by atoms with Gasteiger partial charge in [-0.05, 0) is 42.5 Å². The van der Waals surface area contributed by atoms with Crippen LogP contribution >= 0.6 is 11.6 Å². The Hall–Kier alpha value is -3.92. The maximum Gasteiger partial charge on any atom is 0.357 e. The highest BCUT2D eigenvalue weighted by Crippen LogP contribution is 2.27. The van der Waals surface area contributed by atoms with Crippen LogP contribution in [0.15, 0.2) is 44.3 Å². The molecule has 3 N–H and O–H groups in total. The van der Waals surface area contributed by atoms with Gasteiger partial charge in [0.1, 0.15) is 17.2 Å². The lowest BCUT2D eigenvalue weighted by molar-refractivity contribution is -0.386. The van der Waals surface area contributed by atoms with Crippen LogP contribution in [-0.4, -0.2) is 26.0 Å². The SMILES string of the molecule is O=C(O)c1cc(-c2ccc(/C=C\c3[nH]c(=O)[nH]c(=O)c3[N+](=O)[O-])o2)ccc1Cl. The van der Waals surface area contributed by atoms with Crippen molar-refractivity contribution in [1.82, 2.24) is 9.97 Å². The molecule has 0 atom stereocenters. The lowest BCUT2D eigenvalue weighted by Crippen LogP contribution is -2.25. The van der Waals surface area contributed by atoms with Gasteiger partial charge in [0.05, 0.1) is 15.5 Å². The first-order valence-corrected chi connectivity index (χ1v) is 7.96. The summed E-state index contributed by atoms with van der Waals surface area (Å²) in [5, 5.41) is 20.2. The van der Waals surface area contributed by atoms with Gasteiger partial charge in [-0.2, -0.15) is 0 Å². The smallest absolute Gasteiger partial charge is 0.357 e. The summed E-state index contributed by atoms with van der Waals surface area (Å²) in [4.78, 5) is 48.2. The van der Waals surface area contributed by atoms with Gasteiger partial charge in [0, 0.05) is 5.56 Å². The Balaban J connectivity index is 1.96. The van der Waals surface area contributed by atoms with E-state index < -0.39 is 27.8 Å². The number of nitro groups is 1. The van der Waals surface area contributed by atoms with E-state index in [1.165, 1.54) is 24.3 Å². The fourth-order valence-corrected chi connectivity index (χ4v) is 2.60. The van der Waals surface area contributed by atoms with Gasteiger partial charge in [0.25, 0.3) is 0 Å². The molecule has 0 aliphatic carbocycles. The Morgan fingerprint density at radius 1 is 1.18 bits per heavy atom. The number of aromatic nitrogens is 2. The number of furan rings is 1. The molecule has 0 spiro atoms. The van der Waals surface area contributed by atoms with Gasteiger partial charge in [-0.3, -0.25) is 19.9 Å². The molecule has 0 unspecified atom stereocenters. The minimum absolute atomic E-state index is 0.0773. The second-order valence-corrected chi connectivity index (χ2v) is 5.87. The molecule has 0 radical (unpaired) electrons. The van der Waals surface area contributed by atoms with Crippen molar-refractivity contribution in [2.24, 2.45) is 0 Å². The fourth-order valence-electron chi connectivity index (χ4n) is 2.40. The predicted molar refractivity (Wildman–Crippen MR) is 99.4 cm³/mol. The van der Waals surface area contributed by atoms with E-state index in [2.05, 4.69) is 4.98 Å². The molecule has 0 amide bonds. The number of rotatable bonds is 5. The minimum atomic E-state index is -1.19. The van der Waals surface area contributed by atoms with Crippen molar-refractivity contribution in [1.29, 1.82) is 0 Å². The van der Waals surface area contributed by atoms with E-state index in [0.717, 1.165) is 6.08 Å². The summed E-state index contributed by atoms with van der Waals surface area (Å²) in [6.07, 6.45) is 2.47. The first-order valence-electron chi connectivity index (χ1n) is 7.58. The third kappa shape index (κ3) is 3.76. The first kappa shape index (κ1) is 18.9. The van der Waals surface area contributed by atoms with Gasteiger partial charge >= 0.3 is 22.9 Å². The zero-order chi connectivity index (χ0) is 20.4. The van der Waals surface area contributed by atoms with E-state index in [9.17, 15) is 24.5 Å². The lowest BCUT2D eigenvalue weighted by Gasteiger charge is -2.02. The van der Waals surface area contributed by atoms with Crippen LogP contribution in [0.5, 0.6) is 0 Å². The van der Waals surface area contributed by atoms with E-state index >= 15 is 0 Å². The second-order valence-electron chi connectivity index (χ2n) is 5.46. The Morgan fingerprint density at radius 2 is 1.93 bits per heavy atom. The summed E-state index contributed by atoms with van der Waals surface area (Å²) in [7, 11) is 0. The number of carboxylic acid groups (broad SMARTS) is 1. The number of aromatic carboxylic acids is 1. The third-order valence-electron chi connectivity index (χ3n) is 3.65. The quantitative estimate of drug-likeness (QED) is 0.436. The summed E-state index contributed by atoms with van der Waals surface area (Å²) in [5.74, 6) is -0.617. The molecule has 0 aliphatic heterocycles. The van der Waals surface area contributed by atoms with Crippen molar-refractivity contribution in [2.45, 2.75) is 0 Å². The topological polar surface area (TPSA) is 159 Å². The normalized spacial score (nSPS) is 11.0. The molecule has 142 valence electrons. The van der Waals surface area contributed by atoms with Crippen LogP contribution in [0.25, 0.3) is 23.5 Å². The molecule has 0 bridgehead atoms. The van der Waals surface area contributed by atoms with Gasteiger partial charge in [-0.15, -0.1) is 0 Å². The van der Waals surface area contributed by atoms with Gasteiger partial charge in [0.15, 0.2) is 0 Å². The third-order valence-corrected chi connectivity index (χ3v) is 3.98. The maximum atomic E-state index is 11.6. The first-order chi connectivity index (χ1) is 13.3. The van der Waals surface area contributed by atoms with Crippen molar-refractivity contribution >= 4 is 35.4 Å². The molecule has 3 rings (SSSR count). The Bertz CT molecular complexity index is 1240.